The van der Waals surface area contributed by atoms with E-state index in [0.717, 1.165) is 25.2 Å². The molecule has 1 aliphatic heterocycles. The molecule has 0 aromatic rings. The molecule has 1 saturated heterocycles. The molecular formula is C15H26N2O3. The van der Waals surface area contributed by atoms with Gasteiger partial charge in [-0.25, -0.2) is 4.79 Å². The van der Waals surface area contributed by atoms with Crippen LogP contribution in [0, 0.1) is 11.8 Å². The molecule has 0 aromatic heterocycles. The Morgan fingerprint density at radius 3 is 2.75 bits per heavy atom. The van der Waals surface area contributed by atoms with Crippen LogP contribution < -0.4 is 5.32 Å². The summed E-state index contributed by atoms with van der Waals surface area (Å²) in [5.74, 6) is -0.461. The normalized spacial score (nSPS) is 30.9. The molecule has 5 nitrogen and oxygen atoms in total. The van der Waals surface area contributed by atoms with Crippen LogP contribution >= 0.6 is 0 Å². The van der Waals surface area contributed by atoms with Crippen molar-refractivity contribution in [1.29, 1.82) is 0 Å². The predicted octanol–water partition coefficient (Wildman–Crippen LogP) is 2.46. The Kier molecular flexibility index (Phi) is 5.26. The summed E-state index contributed by atoms with van der Waals surface area (Å²) < 4.78 is 0. The van der Waals surface area contributed by atoms with Crippen LogP contribution in [0.2, 0.25) is 0 Å². The Labute approximate surface area is 120 Å². The molecule has 114 valence electrons. The minimum atomic E-state index is -0.786. The molecule has 2 unspecified atom stereocenters. The Balaban J connectivity index is 1.83. The zero-order valence-corrected chi connectivity index (χ0v) is 12.3. The van der Waals surface area contributed by atoms with E-state index in [-0.39, 0.29) is 12.1 Å². The van der Waals surface area contributed by atoms with Crippen molar-refractivity contribution in [1.82, 2.24) is 10.2 Å². The van der Waals surface area contributed by atoms with E-state index in [1.807, 2.05) is 0 Å². The number of aliphatic carboxylic acids is 1. The highest BCUT2D eigenvalue weighted by Gasteiger charge is 2.30. The van der Waals surface area contributed by atoms with Crippen molar-refractivity contribution in [2.24, 2.45) is 11.8 Å². The van der Waals surface area contributed by atoms with Crippen LogP contribution in [-0.2, 0) is 4.79 Å². The molecule has 1 aliphatic carbocycles. The monoisotopic (exact) mass is 282 g/mol. The van der Waals surface area contributed by atoms with Crippen LogP contribution in [0.3, 0.4) is 0 Å². The van der Waals surface area contributed by atoms with Crippen molar-refractivity contribution in [3.63, 3.8) is 0 Å². The number of carboxylic acids is 1. The lowest BCUT2D eigenvalue weighted by Crippen LogP contribution is -2.50. The zero-order chi connectivity index (χ0) is 14.5. The van der Waals surface area contributed by atoms with Gasteiger partial charge in [0.15, 0.2) is 0 Å². The van der Waals surface area contributed by atoms with E-state index in [4.69, 9.17) is 5.11 Å². The number of hydrogen-bond acceptors (Lipinski definition) is 2. The van der Waals surface area contributed by atoms with Gasteiger partial charge >= 0.3 is 12.0 Å². The third-order valence-electron chi connectivity index (χ3n) is 4.75. The maximum absolute atomic E-state index is 12.3. The van der Waals surface area contributed by atoms with Crippen molar-refractivity contribution in [2.75, 3.05) is 13.1 Å². The van der Waals surface area contributed by atoms with Gasteiger partial charge < -0.3 is 15.3 Å². The maximum atomic E-state index is 12.3. The fourth-order valence-corrected chi connectivity index (χ4v) is 3.42. The number of carboxylic acid groups (broad SMARTS) is 1. The van der Waals surface area contributed by atoms with Gasteiger partial charge in [-0.05, 0) is 31.6 Å². The lowest BCUT2D eigenvalue weighted by atomic mass is 9.84. The van der Waals surface area contributed by atoms with Crippen LogP contribution in [0.15, 0.2) is 0 Å². The van der Waals surface area contributed by atoms with E-state index in [2.05, 4.69) is 12.2 Å². The largest absolute Gasteiger partial charge is 0.481 e. The first-order valence-electron chi connectivity index (χ1n) is 7.88. The number of likely N-dealkylation sites (tertiary alicyclic amines) is 1. The minimum Gasteiger partial charge on any atom is -0.481 e. The molecule has 2 N–H and O–H groups in total. The molecule has 3 atom stereocenters. The van der Waals surface area contributed by atoms with Crippen LogP contribution in [0.4, 0.5) is 4.79 Å². The second-order valence-corrected chi connectivity index (χ2v) is 6.21. The first-order valence-corrected chi connectivity index (χ1v) is 7.88. The van der Waals surface area contributed by atoms with Crippen LogP contribution in [0.5, 0.6) is 0 Å². The molecule has 2 fully saturated rings. The lowest BCUT2D eigenvalue weighted by Gasteiger charge is -2.34. The highest BCUT2D eigenvalue weighted by atomic mass is 16.4. The first kappa shape index (κ1) is 15.1. The average Bonchev–Trinajstić information content (AvgIpc) is 2.47. The summed E-state index contributed by atoms with van der Waals surface area (Å²) in [5.41, 5.74) is 0. The minimum absolute atomic E-state index is 0.0716. The van der Waals surface area contributed by atoms with Crippen LogP contribution in [-0.4, -0.2) is 41.1 Å². The van der Waals surface area contributed by atoms with Crippen molar-refractivity contribution in [3.8, 4) is 0 Å². The lowest BCUT2D eigenvalue weighted by molar-refractivity contribution is -0.143. The Bertz CT molecular complexity index is 359. The number of nitrogens with zero attached hydrogens (tertiary/aromatic N) is 1. The highest BCUT2D eigenvalue weighted by Crippen LogP contribution is 2.27. The van der Waals surface area contributed by atoms with Gasteiger partial charge in [-0.1, -0.05) is 26.2 Å². The predicted molar refractivity (Wildman–Crippen MR) is 76.5 cm³/mol. The summed E-state index contributed by atoms with van der Waals surface area (Å²) in [6, 6.07) is 0.198. The standard InChI is InChI=1S/C15H26N2O3/c1-2-11-5-3-7-13(9-11)16-15(20)17-8-4-6-12(10-17)14(18)19/h11-13H,2-10H2,1H3,(H,16,20)(H,18,19)/t11?,12-,13?/m0/s1. The average molecular weight is 282 g/mol. The van der Waals surface area contributed by atoms with Crippen molar-refractivity contribution < 1.29 is 14.7 Å². The molecule has 1 saturated carbocycles. The van der Waals surface area contributed by atoms with Crippen LogP contribution in [0.1, 0.15) is 51.9 Å². The number of piperidine rings is 1. The molecule has 1 heterocycles. The molecule has 2 amide bonds. The fourth-order valence-electron chi connectivity index (χ4n) is 3.42. The second kappa shape index (κ2) is 6.95. The number of nitrogens with one attached hydrogen (secondary N) is 1. The van der Waals surface area contributed by atoms with Gasteiger partial charge in [0.25, 0.3) is 0 Å². The summed E-state index contributed by atoms with van der Waals surface area (Å²) in [5, 5.41) is 12.2. The van der Waals surface area contributed by atoms with E-state index in [1.165, 1.54) is 19.3 Å². The topological polar surface area (TPSA) is 69.6 Å². The molecule has 2 rings (SSSR count). The Morgan fingerprint density at radius 1 is 1.25 bits per heavy atom. The highest BCUT2D eigenvalue weighted by molar-refractivity contribution is 5.76. The second-order valence-electron chi connectivity index (χ2n) is 6.21. The van der Waals surface area contributed by atoms with Crippen molar-refractivity contribution >= 4 is 12.0 Å². The molecule has 0 spiro atoms. The number of rotatable bonds is 3. The van der Waals surface area contributed by atoms with Gasteiger partial charge in [0.2, 0.25) is 0 Å². The number of urea groups is 1. The van der Waals surface area contributed by atoms with Gasteiger partial charge in [-0.3, -0.25) is 4.79 Å². The van der Waals surface area contributed by atoms with E-state index in [9.17, 15) is 9.59 Å². The fraction of sp³-hybridized carbons (Fsp3) is 0.867. The van der Waals surface area contributed by atoms with Gasteiger partial charge in [0, 0.05) is 19.1 Å². The van der Waals surface area contributed by atoms with E-state index in [1.54, 1.807) is 4.90 Å². The number of hydrogen-bond donors (Lipinski definition) is 2. The number of carbonyl (C=O) groups is 2. The maximum Gasteiger partial charge on any atom is 0.317 e. The number of amides is 2. The van der Waals surface area contributed by atoms with Gasteiger partial charge in [-0.15, -0.1) is 0 Å². The van der Waals surface area contributed by atoms with Gasteiger partial charge in [0.1, 0.15) is 0 Å². The molecule has 2 aliphatic rings. The summed E-state index contributed by atoms with van der Waals surface area (Å²) >= 11 is 0. The zero-order valence-electron chi connectivity index (χ0n) is 12.3. The molecule has 5 heteroatoms. The van der Waals surface area contributed by atoms with Gasteiger partial charge in [-0.2, -0.15) is 0 Å². The van der Waals surface area contributed by atoms with E-state index >= 15 is 0 Å². The van der Waals surface area contributed by atoms with E-state index in [0.29, 0.717) is 19.5 Å². The Hall–Kier alpha value is -1.26. The molecule has 0 aromatic carbocycles. The van der Waals surface area contributed by atoms with Crippen LogP contribution in [0.25, 0.3) is 0 Å². The molecule has 20 heavy (non-hydrogen) atoms. The summed E-state index contributed by atoms with van der Waals surface area (Å²) in [6.45, 7) is 3.24. The number of carbonyl (C=O) groups excluding carboxylic acids is 1. The summed E-state index contributed by atoms with van der Waals surface area (Å²) in [4.78, 5) is 25.0. The SMILES string of the molecule is CCC1CCCC(NC(=O)N2CCC[C@H](C(=O)O)C2)C1. The Morgan fingerprint density at radius 2 is 2.05 bits per heavy atom. The quantitative estimate of drug-likeness (QED) is 0.835. The smallest absolute Gasteiger partial charge is 0.317 e. The molecule has 0 bridgehead atoms. The summed E-state index contributed by atoms with van der Waals surface area (Å²) in [7, 11) is 0. The third-order valence-corrected chi connectivity index (χ3v) is 4.75. The molecular weight excluding hydrogens is 256 g/mol. The van der Waals surface area contributed by atoms with E-state index < -0.39 is 11.9 Å². The van der Waals surface area contributed by atoms with Gasteiger partial charge in [0.05, 0.1) is 5.92 Å². The summed E-state index contributed by atoms with van der Waals surface area (Å²) in [6.07, 6.45) is 7.22. The van der Waals surface area contributed by atoms with Crippen molar-refractivity contribution in [3.05, 3.63) is 0 Å². The third kappa shape index (κ3) is 3.87. The van der Waals surface area contributed by atoms with Crippen molar-refractivity contribution in [2.45, 2.75) is 57.9 Å². The molecule has 0 radical (unpaired) electrons. The first-order chi connectivity index (χ1) is 9.60.